The van der Waals surface area contributed by atoms with E-state index in [2.05, 4.69) is 183 Å². The van der Waals surface area contributed by atoms with E-state index in [1.54, 1.807) is 0 Å². The Balaban J connectivity index is 1.03. The van der Waals surface area contributed by atoms with Crippen molar-refractivity contribution < 1.29 is 8.83 Å². The van der Waals surface area contributed by atoms with Gasteiger partial charge in [0, 0.05) is 55.5 Å². The van der Waals surface area contributed by atoms with Gasteiger partial charge in [-0.2, -0.15) is 0 Å². The number of para-hydroxylation sites is 1. The zero-order valence-corrected chi connectivity index (χ0v) is 31.4. The Hall–Kier alpha value is -6.84. The molecule has 2 aromatic heterocycles. The molecule has 10 aromatic rings. The number of nitrogens with zero attached hydrogens (tertiary/aromatic N) is 1. The SMILES string of the molecule is CC1(C)c2ccccc2-c2ccc(N(c3ccc4c(c3)oc3ccccc34)c3ccc4oc5cc(C6(C)c7ccccc7-c7ccccc76)ccc5c4c3)cc21. The molecule has 0 bridgehead atoms. The third-order valence-corrected chi connectivity index (χ3v) is 13.0. The highest BCUT2D eigenvalue weighted by Gasteiger charge is 2.41. The highest BCUT2D eigenvalue weighted by molar-refractivity contribution is 6.08. The molecule has 0 fully saturated rings. The molecule has 0 unspecified atom stereocenters. The van der Waals surface area contributed by atoms with Crippen LogP contribution in [-0.4, -0.2) is 0 Å². The first-order valence-corrected chi connectivity index (χ1v) is 19.5. The van der Waals surface area contributed by atoms with Gasteiger partial charge in [-0.25, -0.2) is 0 Å². The van der Waals surface area contributed by atoms with Gasteiger partial charge in [0.25, 0.3) is 0 Å². The monoisotopic (exact) mass is 719 g/mol. The highest BCUT2D eigenvalue weighted by atomic mass is 16.3. The van der Waals surface area contributed by atoms with E-state index >= 15 is 0 Å². The average molecular weight is 720 g/mol. The maximum Gasteiger partial charge on any atom is 0.137 e. The summed E-state index contributed by atoms with van der Waals surface area (Å²) in [7, 11) is 0. The summed E-state index contributed by atoms with van der Waals surface area (Å²) in [5.74, 6) is 0. The van der Waals surface area contributed by atoms with Gasteiger partial charge in [0.15, 0.2) is 0 Å². The van der Waals surface area contributed by atoms with E-state index in [9.17, 15) is 0 Å². The predicted octanol–water partition coefficient (Wildman–Crippen LogP) is 14.6. The first kappa shape index (κ1) is 31.5. The van der Waals surface area contributed by atoms with Gasteiger partial charge in [-0.15, -0.1) is 0 Å². The van der Waals surface area contributed by atoms with Gasteiger partial charge in [-0.3, -0.25) is 0 Å². The summed E-state index contributed by atoms with van der Waals surface area (Å²) in [6.07, 6.45) is 0. The predicted molar refractivity (Wildman–Crippen MR) is 231 cm³/mol. The van der Waals surface area contributed by atoms with Crippen molar-refractivity contribution in [3.63, 3.8) is 0 Å². The van der Waals surface area contributed by atoms with Crippen LogP contribution in [0.4, 0.5) is 17.1 Å². The molecule has 3 nitrogen and oxygen atoms in total. The molecule has 0 saturated carbocycles. The molecule has 8 aromatic carbocycles. The van der Waals surface area contributed by atoms with Crippen molar-refractivity contribution in [3.8, 4) is 22.3 Å². The van der Waals surface area contributed by atoms with Crippen molar-refractivity contribution in [2.45, 2.75) is 31.6 Å². The number of benzene rings is 8. The van der Waals surface area contributed by atoms with Crippen LogP contribution in [0, 0.1) is 0 Å². The van der Waals surface area contributed by atoms with Gasteiger partial charge in [0.1, 0.15) is 22.3 Å². The van der Waals surface area contributed by atoms with Gasteiger partial charge in [0.05, 0.1) is 0 Å². The van der Waals surface area contributed by atoms with E-state index < -0.39 is 0 Å². The second-order valence-electron chi connectivity index (χ2n) is 16.2. The van der Waals surface area contributed by atoms with Crippen LogP contribution in [0.3, 0.4) is 0 Å². The van der Waals surface area contributed by atoms with E-state index in [1.807, 2.05) is 12.1 Å². The van der Waals surface area contributed by atoms with Crippen LogP contribution in [0.1, 0.15) is 48.6 Å². The minimum Gasteiger partial charge on any atom is -0.456 e. The number of anilines is 3. The summed E-state index contributed by atoms with van der Waals surface area (Å²) in [5.41, 5.74) is 18.1. The molecule has 12 rings (SSSR count). The lowest BCUT2D eigenvalue weighted by molar-refractivity contribution is 0.660. The lowest BCUT2D eigenvalue weighted by atomic mass is 9.74. The van der Waals surface area contributed by atoms with Crippen LogP contribution in [0.25, 0.3) is 66.1 Å². The summed E-state index contributed by atoms with van der Waals surface area (Å²) < 4.78 is 13.1. The van der Waals surface area contributed by atoms with Crippen LogP contribution in [0.15, 0.2) is 179 Å². The van der Waals surface area contributed by atoms with Gasteiger partial charge >= 0.3 is 0 Å². The minimum atomic E-state index is -0.293. The Morgan fingerprint density at radius 1 is 0.357 bits per heavy atom. The van der Waals surface area contributed by atoms with Gasteiger partial charge < -0.3 is 13.7 Å². The Labute approximate surface area is 325 Å². The summed E-state index contributed by atoms with van der Waals surface area (Å²) in [6.45, 7) is 7.04. The summed E-state index contributed by atoms with van der Waals surface area (Å²) in [6, 6.07) is 61.7. The van der Waals surface area contributed by atoms with Crippen molar-refractivity contribution in [3.05, 3.63) is 198 Å². The molecule has 0 radical (unpaired) electrons. The summed E-state index contributed by atoms with van der Waals surface area (Å²) in [4.78, 5) is 2.37. The van der Waals surface area contributed by atoms with Crippen molar-refractivity contribution in [1.29, 1.82) is 0 Å². The quantitative estimate of drug-likeness (QED) is 0.181. The molecule has 0 aliphatic heterocycles. The first-order chi connectivity index (χ1) is 27.4. The Morgan fingerprint density at radius 3 is 1.62 bits per heavy atom. The van der Waals surface area contributed by atoms with E-state index in [0.29, 0.717) is 0 Å². The zero-order chi connectivity index (χ0) is 37.3. The number of hydrogen-bond acceptors (Lipinski definition) is 3. The number of rotatable bonds is 4. The van der Waals surface area contributed by atoms with E-state index in [-0.39, 0.29) is 10.8 Å². The molecule has 2 aliphatic rings. The largest absolute Gasteiger partial charge is 0.456 e. The maximum atomic E-state index is 6.70. The van der Waals surface area contributed by atoms with E-state index in [0.717, 1.165) is 60.9 Å². The number of fused-ring (bicyclic) bond motifs is 12. The molecular formula is C53H37NO2. The van der Waals surface area contributed by atoms with Crippen molar-refractivity contribution >= 4 is 60.9 Å². The number of furan rings is 2. The fourth-order valence-electron chi connectivity index (χ4n) is 10.1. The Kier molecular flexibility index (Phi) is 6.25. The van der Waals surface area contributed by atoms with Gasteiger partial charge in [0.2, 0.25) is 0 Å². The van der Waals surface area contributed by atoms with Crippen LogP contribution in [-0.2, 0) is 10.8 Å². The Bertz CT molecular complexity index is 3220. The number of hydrogen-bond donors (Lipinski definition) is 0. The third kappa shape index (κ3) is 4.17. The Morgan fingerprint density at radius 2 is 0.857 bits per heavy atom. The second-order valence-corrected chi connectivity index (χ2v) is 16.2. The molecule has 3 heteroatoms. The smallest absolute Gasteiger partial charge is 0.137 e. The fraction of sp³-hybridized carbons (Fsp3) is 0.0943. The molecule has 0 N–H and O–H groups in total. The summed E-state index contributed by atoms with van der Waals surface area (Å²) in [5, 5.41) is 4.43. The first-order valence-electron chi connectivity index (χ1n) is 19.5. The minimum absolute atomic E-state index is 0.129. The van der Waals surface area contributed by atoms with Gasteiger partial charge in [-0.1, -0.05) is 123 Å². The third-order valence-electron chi connectivity index (χ3n) is 13.0. The second kappa shape index (κ2) is 11.1. The summed E-state index contributed by atoms with van der Waals surface area (Å²) >= 11 is 0. The normalized spacial score (nSPS) is 14.6. The van der Waals surface area contributed by atoms with Crippen molar-refractivity contribution in [2.75, 3.05) is 4.90 Å². The molecule has 56 heavy (non-hydrogen) atoms. The molecule has 266 valence electrons. The topological polar surface area (TPSA) is 29.5 Å². The molecule has 2 aliphatic carbocycles. The van der Waals surface area contributed by atoms with Crippen molar-refractivity contribution in [2.24, 2.45) is 0 Å². The van der Waals surface area contributed by atoms with Gasteiger partial charge in [-0.05, 0) is 112 Å². The lowest BCUT2D eigenvalue weighted by Gasteiger charge is -2.28. The van der Waals surface area contributed by atoms with Crippen LogP contribution in [0.2, 0.25) is 0 Å². The molecular weight excluding hydrogens is 683 g/mol. The molecule has 2 heterocycles. The highest BCUT2D eigenvalue weighted by Crippen LogP contribution is 2.54. The zero-order valence-electron chi connectivity index (χ0n) is 31.4. The molecule has 0 atom stereocenters. The lowest BCUT2D eigenvalue weighted by Crippen LogP contribution is -2.22. The molecule has 0 amide bonds. The van der Waals surface area contributed by atoms with Crippen LogP contribution in [0.5, 0.6) is 0 Å². The van der Waals surface area contributed by atoms with Crippen LogP contribution < -0.4 is 4.90 Å². The molecule has 0 spiro atoms. The fourth-order valence-corrected chi connectivity index (χ4v) is 10.1. The van der Waals surface area contributed by atoms with Crippen LogP contribution >= 0.6 is 0 Å². The van der Waals surface area contributed by atoms with E-state index in [1.165, 1.54) is 50.1 Å². The average Bonchev–Trinajstić information content (AvgIpc) is 3.94. The van der Waals surface area contributed by atoms with E-state index in [4.69, 9.17) is 8.83 Å². The van der Waals surface area contributed by atoms with Crippen molar-refractivity contribution in [1.82, 2.24) is 0 Å². The molecule has 0 saturated heterocycles. The standard InChI is InChI=1S/C53H37NO2/c1-52(2)44-16-8-4-12-36(44)39-25-21-34(30-47(39)52)54(35-22-26-41-40-15-7-11-19-48(40)55-51(41)31-35)33-23-27-49-43(29-33)42-24-20-32(28-50(42)56-49)53(3)45-17-9-5-13-37(45)38-14-6-10-18-46(38)53/h4-31H,1-3H3. The maximum absolute atomic E-state index is 6.70.